The van der Waals surface area contributed by atoms with Gasteiger partial charge in [0.25, 0.3) is 5.69 Å². The highest BCUT2D eigenvalue weighted by Gasteiger charge is 2.19. The summed E-state index contributed by atoms with van der Waals surface area (Å²) < 4.78 is 0.992. The fraction of sp³-hybridized carbons (Fsp3) is 0.375. The van der Waals surface area contributed by atoms with Crippen molar-refractivity contribution in [3.63, 3.8) is 0 Å². The molecule has 5 heteroatoms. The molecule has 0 amide bonds. The van der Waals surface area contributed by atoms with Crippen LogP contribution in [-0.2, 0) is 0 Å². The summed E-state index contributed by atoms with van der Waals surface area (Å²) in [7, 11) is 0. The largest absolute Gasteiger partial charge is 0.297 e. The van der Waals surface area contributed by atoms with Gasteiger partial charge in [-0.15, -0.1) is 11.3 Å². The summed E-state index contributed by atoms with van der Waals surface area (Å²) in [5.41, 5.74) is 1.53. The zero-order chi connectivity index (χ0) is 15.0. The minimum atomic E-state index is -0.297. The number of non-ortho nitro benzene ring substituents is 1. The molecule has 3 rings (SSSR count). The highest BCUT2D eigenvalue weighted by Crippen LogP contribution is 2.37. The number of nitrogens with zero attached hydrogens (tertiary/aromatic N) is 2. The van der Waals surface area contributed by atoms with Crippen molar-refractivity contribution in [1.29, 1.82) is 0 Å². The number of hydrogen-bond acceptors (Lipinski definition) is 4. The second-order valence-corrected chi connectivity index (χ2v) is 6.71. The van der Waals surface area contributed by atoms with E-state index in [2.05, 4.69) is 24.8 Å². The summed E-state index contributed by atoms with van der Waals surface area (Å²) in [5, 5.41) is 11.9. The van der Waals surface area contributed by atoms with Crippen molar-refractivity contribution in [3.8, 4) is 0 Å². The van der Waals surface area contributed by atoms with E-state index in [9.17, 15) is 10.1 Å². The average Bonchev–Trinajstić information content (AvgIpc) is 2.90. The van der Waals surface area contributed by atoms with Crippen LogP contribution in [0.15, 0.2) is 30.3 Å². The molecule has 0 spiro atoms. The van der Waals surface area contributed by atoms with E-state index in [1.165, 1.54) is 10.5 Å². The third kappa shape index (κ3) is 2.71. The molecular formula is C16H18N2O2S. The fourth-order valence-electron chi connectivity index (χ4n) is 2.74. The molecule has 1 aromatic heterocycles. The van der Waals surface area contributed by atoms with Gasteiger partial charge in [0.2, 0.25) is 0 Å². The minimum Gasteiger partial charge on any atom is -0.297 e. The van der Waals surface area contributed by atoms with Gasteiger partial charge in [-0.05, 0) is 38.0 Å². The number of hydrogen-bond donors (Lipinski definition) is 0. The molecule has 21 heavy (non-hydrogen) atoms. The molecule has 0 unspecified atom stereocenters. The van der Waals surface area contributed by atoms with Crippen molar-refractivity contribution in [1.82, 2.24) is 4.90 Å². The molecular weight excluding hydrogens is 284 g/mol. The van der Waals surface area contributed by atoms with E-state index in [0.717, 1.165) is 29.6 Å². The first-order chi connectivity index (χ1) is 10.1. The summed E-state index contributed by atoms with van der Waals surface area (Å²) >= 11 is 1.65. The van der Waals surface area contributed by atoms with Crippen LogP contribution in [0.25, 0.3) is 15.7 Å². The van der Waals surface area contributed by atoms with Gasteiger partial charge in [-0.25, -0.2) is 0 Å². The molecule has 1 aliphatic rings. The van der Waals surface area contributed by atoms with Gasteiger partial charge in [0.1, 0.15) is 0 Å². The molecule has 0 saturated carbocycles. The molecule has 0 fully saturated rings. The lowest BCUT2D eigenvalue weighted by Crippen LogP contribution is -2.34. The Kier molecular flexibility index (Phi) is 3.78. The maximum absolute atomic E-state index is 11.1. The molecule has 4 nitrogen and oxygen atoms in total. The molecule has 0 radical (unpaired) electrons. The Bertz CT molecular complexity index is 718. The van der Waals surface area contributed by atoms with Gasteiger partial charge >= 0.3 is 0 Å². The van der Waals surface area contributed by atoms with Crippen LogP contribution in [0.5, 0.6) is 0 Å². The predicted octanol–water partition coefficient (Wildman–Crippen LogP) is 4.31. The minimum absolute atomic E-state index is 0.204. The maximum atomic E-state index is 11.1. The predicted molar refractivity (Wildman–Crippen MR) is 87.8 cm³/mol. The van der Waals surface area contributed by atoms with Crippen molar-refractivity contribution in [3.05, 3.63) is 45.3 Å². The standard InChI is InChI=1S/C16H18N2O2S/c1-11(2)17-8-6-12(7-9-17)16-10-13-14(18(19)20)4-3-5-15(13)21-16/h3-6,10-11H,7-9H2,1-2H3. The van der Waals surface area contributed by atoms with E-state index in [1.54, 1.807) is 23.5 Å². The molecule has 0 N–H and O–H groups in total. The van der Waals surface area contributed by atoms with E-state index in [1.807, 2.05) is 12.1 Å². The normalized spacial score (nSPS) is 16.4. The number of benzene rings is 1. The van der Waals surface area contributed by atoms with Gasteiger partial charge in [-0.1, -0.05) is 12.1 Å². The van der Waals surface area contributed by atoms with Crippen molar-refractivity contribution in [2.75, 3.05) is 13.1 Å². The van der Waals surface area contributed by atoms with Crippen molar-refractivity contribution in [2.45, 2.75) is 26.3 Å². The molecule has 0 aliphatic carbocycles. The lowest BCUT2D eigenvalue weighted by molar-refractivity contribution is -0.383. The number of nitro groups is 1. The van der Waals surface area contributed by atoms with Crippen LogP contribution < -0.4 is 0 Å². The van der Waals surface area contributed by atoms with E-state index in [0.29, 0.717) is 6.04 Å². The molecule has 0 saturated heterocycles. The topological polar surface area (TPSA) is 46.4 Å². The monoisotopic (exact) mass is 302 g/mol. The Balaban J connectivity index is 1.96. The van der Waals surface area contributed by atoms with Crippen LogP contribution in [-0.4, -0.2) is 29.0 Å². The SMILES string of the molecule is CC(C)N1CC=C(c2cc3c([N+](=O)[O-])cccc3s2)CC1. The van der Waals surface area contributed by atoms with Crippen molar-refractivity contribution in [2.24, 2.45) is 0 Å². The highest BCUT2D eigenvalue weighted by atomic mass is 32.1. The number of fused-ring (bicyclic) bond motifs is 1. The first-order valence-electron chi connectivity index (χ1n) is 7.16. The highest BCUT2D eigenvalue weighted by molar-refractivity contribution is 7.20. The zero-order valence-corrected chi connectivity index (χ0v) is 13.0. The molecule has 1 aliphatic heterocycles. The second-order valence-electron chi connectivity index (χ2n) is 5.62. The van der Waals surface area contributed by atoms with Gasteiger partial charge in [-0.3, -0.25) is 15.0 Å². The average molecular weight is 302 g/mol. The van der Waals surface area contributed by atoms with Crippen LogP contribution in [0.2, 0.25) is 0 Å². The van der Waals surface area contributed by atoms with Crippen LogP contribution >= 0.6 is 11.3 Å². The number of thiophene rings is 1. The lowest BCUT2D eigenvalue weighted by Gasteiger charge is -2.29. The molecule has 0 bridgehead atoms. The van der Waals surface area contributed by atoms with Crippen LogP contribution in [0.1, 0.15) is 25.1 Å². The Hall–Kier alpha value is -1.72. The third-order valence-electron chi connectivity index (χ3n) is 4.02. The van der Waals surface area contributed by atoms with Gasteiger partial charge < -0.3 is 0 Å². The van der Waals surface area contributed by atoms with E-state index in [4.69, 9.17) is 0 Å². The zero-order valence-electron chi connectivity index (χ0n) is 12.2. The first kappa shape index (κ1) is 14.2. The summed E-state index contributed by atoms with van der Waals surface area (Å²) in [4.78, 5) is 14.4. The van der Waals surface area contributed by atoms with Gasteiger partial charge in [0.05, 0.1) is 10.3 Å². The van der Waals surface area contributed by atoms with Crippen LogP contribution in [0.3, 0.4) is 0 Å². The molecule has 2 aromatic rings. The number of rotatable bonds is 3. The van der Waals surface area contributed by atoms with Crippen molar-refractivity contribution >= 4 is 32.7 Å². The second kappa shape index (κ2) is 5.58. The van der Waals surface area contributed by atoms with Gasteiger partial charge in [-0.2, -0.15) is 0 Å². The summed E-state index contributed by atoms with van der Waals surface area (Å²) in [6.07, 6.45) is 3.28. The summed E-state index contributed by atoms with van der Waals surface area (Å²) in [6.45, 7) is 6.44. The Morgan fingerprint density at radius 2 is 2.19 bits per heavy atom. The van der Waals surface area contributed by atoms with Gasteiger partial charge in [0, 0.05) is 34.8 Å². The molecule has 1 aromatic carbocycles. The lowest BCUT2D eigenvalue weighted by atomic mass is 10.0. The third-order valence-corrected chi connectivity index (χ3v) is 5.20. The number of nitro benzene ring substituents is 1. The summed E-state index contributed by atoms with van der Waals surface area (Å²) in [5.74, 6) is 0. The molecule has 0 atom stereocenters. The summed E-state index contributed by atoms with van der Waals surface area (Å²) in [6, 6.07) is 7.84. The molecule has 2 heterocycles. The van der Waals surface area contributed by atoms with Crippen LogP contribution in [0, 0.1) is 10.1 Å². The van der Waals surface area contributed by atoms with E-state index >= 15 is 0 Å². The van der Waals surface area contributed by atoms with E-state index < -0.39 is 0 Å². The smallest absolute Gasteiger partial charge is 0.278 e. The first-order valence-corrected chi connectivity index (χ1v) is 7.98. The Morgan fingerprint density at radius 3 is 2.81 bits per heavy atom. The fourth-order valence-corrected chi connectivity index (χ4v) is 3.89. The van der Waals surface area contributed by atoms with Gasteiger partial charge in [0.15, 0.2) is 0 Å². The Labute approximate surface area is 127 Å². The van der Waals surface area contributed by atoms with E-state index in [-0.39, 0.29) is 10.6 Å². The van der Waals surface area contributed by atoms with Crippen molar-refractivity contribution < 1.29 is 4.92 Å². The maximum Gasteiger partial charge on any atom is 0.278 e. The molecule has 110 valence electrons. The Morgan fingerprint density at radius 1 is 1.38 bits per heavy atom. The van der Waals surface area contributed by atoms with Crippen LogP contribution in [0.4, 0.5) is 5.69 Å². The quantitative estimate of drug-likeness (QED) is 0.627.